The van der Waals surface area contributed by atoms with Crippen LogP contribution in [0.15, 0.2) is 23.1 Å². The molecule has 0 aliphatic rings. The maximum absolute atomic E-state index is 8.64. The van der Waals surface area contributed by atoms with Crippen LogP contribution in [0.3, 0.4) is 0 Å². The highest BCUT2D eigenvalue weighted by atomic mass is 32.2. The van der Waals surface area contributed by atoms with Gasteiger partial charge in [0.05, 0.1) is 0 Å². The molecule has 2 nitrogen and oxygen atoms in total. The van der Waals surface area contributed by atoms with E-state index in [-0.39, 0.29) is 0 Å². The third kappa shape index (κ3) is 4.58. The van der Waals surface area contributed by atoms with Crippen molar-refractivity contribution in [2.75, 3.05) is 18.1 Å². The summed E-state index contributed by atoms with van der Waals surface area (Å²) in [5.74, 6) is 1.10. The van der Waals surface area contributed by atoms with Gasteiger partial charge in [0.1, 0.15) is 0 Å². The molecule has 0 heterocycles. The van der Waals surface area contributed by atoms with Crippen LogP contribution in [0, 0.1) is 6.92 Å². The number of hydrogen-bond donors (Lipinski definition) is 2. The molecule has 0 fully saturated rings. The summed E-state index contributed by atoms with van der Waals surface area (Å²) in [4.78, 5) is 1.28. The summed E-state index contributed by atoms with van der Waals surface area (Å²) in [6.45, 7) is 2.41. The average Bonchev–Trinajstić information content (AvgIpc) is 2.23. The fourth-order valence-corrected chi connectivity index (χ4v) is 2.43. The van der Waals surface area contributed by atoms with E-state index in [0.29, 0.717) is 6.61 Å². The van der Waals surface area contributed by atoms with Gasteiger partial charge in [-0.25, -0.2) is 0 Å². The smallest absolute Gasteiger partial charge is 0.0431 e. The molecule has 0 aliphatic carbocycles. The number of nitrogens with two attached hydrogens (primary N) is 1. The summed E-state index contributed by atoms with van der Waals surface area (Å²) in [5.41, 5.74) is 7.85. The first kappa shape index (κ1) is 12.4. The van der Waals surface area contributed by atoms with Gasteiger partial charge in [-0.2, -0.15) is 0 Å². The molecule has 15 heavy (non-hydrogen) atoms. The van der Waals surface area contributed by atoms with Crippen LogP contribution in [-0.4, -0.2) is 17.5 Å². The van der Waals surface area contributed by atoms with Gasteiger partial charge in [0.25, 0.3) is 0 Å². The van der Waals surface area contributed by atoms with Gasteiger partial charge in [0, 0.05) is 17.2 Å². The quantitative estimate of drug-likeness (QED) is 0.444. The van der Waals surface area contributed by atoms with Crippen molar-refractivity contribution in [2.24, 2.45) is 0 Å². The van der Waals surface area contributed by atoms with E-state index in [1.165, 1.54) is 10.5 Å². The number of thioether (sulfide) groups is 1. The lowest BCUT2D eigenvalue weighted by atomic mass is 10.2. The number of aryl methyl sites for hydroxylation is 1. The van der Waals surface area contributed by atoms with E-state index in [0.717, 1.165) is 30.7 Å². The van der Waals surface area contributed by atoms with Crippen LogP contribution in [0.5, 0.6) is 0 Å². The molecule has 0 saturated heterocycles. The van der Waals surface area contributed by atoms with Gasteiger partial charge in [-0.3, -0.25) is 0 Å². The number of aliphatic hydroxyl groups is 1. The first-order chi connectivity index (χ1) is 7.24. The number of hydrogen-bond acceptors (Lipinski definition) is 3. The second kappa shape index (κ2) is 6.75. The Kier molecular flexibility index (Phi) is 5.58. The Labute approximate surface area is 95.9 Å². The first-order valence-corrected chi connectivity index (χ1v) is 6.32. The minimum atomic E-state index is 0.308. The standard InChI is InChI=1S/C12H19NOS/c1-10-5-6-11(13)9-12(10)15-8-4-2-3-7-14/h5-6,9,14H,2-4,7-8,13H2,1H3. The number of nitrogen functional groups attached to an aromatic ring is 1. The van der Waals surface area contributed by atoms with Gasteiger partial charge in [0.2, 0.25) is 0 Å². The molecular formula is C12H19NOS. The largest absolute Gasteiger partial charge is 0.399 e. The Morgan fingerprint density at radius 2 is 2.07 bits per heavy atom. The van der Waals surface area contributed by atoms with Crippen molar-refractivity contribution >= 4 is 17.4 Å². The fraction of sp³-hybridized carbons (Fsp3) is 0.500. The van der Waals surface area contributed by atoms with Gasteiger partial charge < -0.3 is 10.8 Å². The third-order valence-electron chi connectivity index (χ3n) is 2.27. The van der Waals surface area contributed by atoms with Gasteiger partial charge in [0.15, 0.2) is 0 Å². The number of aliphatic hydroxyl groups excluding tert-OH is 1. The van der Waals surface area contributed by atoms with Crippen LogP contribution < -0.4 is 5.73 Å². The molecule has 1 aromatic carbocycles. The van der Waals surface area contributed by atoms with Crippen molar-refractivity contribution in [2.45, 2.75) is 31.1 Å². The SMILES string of the molecule is Cc1ccc(N)cc1SCCCCCO. The molecule has 0 saturated carbocycles. The highest BCUT2D eigenvalue weighted by Crippen LogP contribution is 2.25. The normalized spacial score (nSPS) is 10.5. The van der Waals surface area contributed by atoms with Crippen molar-refractivity contribution in [1.29, 1.82) is 0 Å². The molecule has 0 aromatic heterocycles. The van der Waals surface area contributed by atoms with E-state index in [1.807, 2.05) is 23.9 Å². The van der Waals surface area contributed by atoms with Crippen molar-refractivity contribution in [3.8, 4) is 0 Å². The summed E-state index contributed by atoms with van der Waals surface area (Å²) in [7, 11) is 0. The summed E-state index contributed by atoms with van der Waals surface area (Å²) in [6, 6.07) is 6.03. The zero-order chi connectivity index (χ0) is 11.1. The van der Waals surface area contributed by atoms with Crippen molar-refractivity contribution in [1.82, 2.24) is 0 Å². The molecule has 0 aliphatic heterocycles. The van der Waals surface area contributed by atoms with Gasteiger partial charge in [-0.15, -0.1) is 11.8 Å². The minimum absolute atomic E-state index is 0.308. The molecule has 0 spiro atoms. The van der Waals surface area contributed by atoms with Crippen LogP contribution in [0.2, 0.25) is 0 Å². The van der Waals surface area contributed by atoms with E-state index in [4.69, 9.17) is 10.8 Å². The van der Waals surface area contributed by atoms with E-state index in [9.17, 15) is 0 Å². The summed E-state index contributed by atoms with van der Waals surface area (Å²) in [5, 5.41) is 8.64. The Morgan fingerprint density at radius 3 is 2.80 bits per heavy atom. The van der Waals surface area contributed by atoms with Gasteiger partial charge in [-0.05, 0) is 43.2 Å². The van der Waals surface area contributed by atoms with Crippen LogP contribution >= 0.6 is 11.8 Å². The van der Waals surface area contributed by atoms with E-state index >= 15 is 0 Å². The molecule has 1 aromatic rings. The lowest BCUT2D eigenvalue weighted by Crippen LogP contribution is -1.89. The predicted octanol–water partition coefficient (Wildman–Crippen LogP) is 2.83. The molecule has 3 heteroatoms. The lowest BCUT2D eigenvalue weighted by Gasteiger charge is -2.06. The van der Waals surface area contributed by atoms with Gasteiger partial charge >= 0.3 is 0 Å². The zero-order valence-electron chi connectivity index (χ0n) is 9.20. The van der Waals surface area contributed by atoms with Crippen molar-refractivity contribution in [3.05, 3.63) is 23.8 Å². The molecule has 3 N–H and O–H groups in total. The van der Waals surface area contributed by atoms with E-state index in [1.54, 1.807) is 0 Å². The van der Waals surface area contributed by atoms with Crippen LogP contribution in [0.4, 0.5) is 5.69 Å². The summed E-state index contributed by atoms with van der Waals surface area (Å²) >= 11 is 1.85. The monoisotopic (exact) mass is 225 g/mol. The summed E-state index contributed by atoms with van der Waals surface area (Å²) < 4.78 is 0. The Hall–Kier alpha value is -0.670. The highest BCUT2D eigenvalue weighted by Gasteiger charge is 1.99. The average molecular weight is 225 g/mol. The second-order valence-corrected chi connectivity index (χ2v) is 4.79. The van der Waals surface area contributed by atoms with E-state index < -0.39 is 0 Å². The number of unbranched alkanes of at least 4 members (excludes halogenated alkanes) is 2. The Balaban J connectivity index is 2.33. The van der Waals surface area contributed by atoms with Crippen LogP contribution in [0.25, 0.3) is 0 Å². The lowest BCUT2D eigenvalue weighted by molar-refractivity contribution is 0.284. The molecule has 0 unspecified atom stereocenters. The van der Waals surface area contributed by atoms with Crippen molar-refractivity contribution < 1.29 is 5.11 Å². The summed E-state index contributed by atoms with van der Waals surface area (Å²) in [6.07, 6.45) is 3.17. The molecule has 0 atom stereocenters. The predicted molar refractivity (Wildman–Crippen MR) is 67.3 cm³/mol. The third-order valence-corrected chi connectivity index (χ3v) is 3.52. The molecule has 0 amide bonds. The first-order valence-electron chi connectivity index (χ1n) is 5.34. The number of benzene rings is 1. The van der Waals surface area contributed by atoms with Crippen LogP contribution in [-0.2, 0) is 0 Å². The molecular weight excluding hydrogens is 206 g/mol. The maximum atomic E-state index is 8.64. The fourth-order valence-electron chi connectivity index (χ4n) is 1.34. The topological polar surface area (TPSA) is 46.2 Å². The van der Waals surface area contributed by atoms with Gasteiger partial charge in [-0.1, -0.05) is 12.5 Å². The molecule has 84 valence electrons. The minimum Gasteiger partial charge on any atom is -0.399 e. The second-order valence-electron chi connectivity index (χ2n) is 3.66. The zero-order valence-corrected chi connectivity index (χ0v) is 10.0. The van der Waals surface area contributed by atoms with E-state index in [2.05, 4.69) is 13.0 Å². The molecule has 0 bridgehead atoms. The van der Waals surface area contributed by atoms with Crippen molar-refractivity contribution in [3.63, 3.8) is 0 Å². The highest BCUT2D eigenvalue weighted by molar-refractivity contribution is 7.99. The number of anilines is 1. The number of rotatable bonds is 6. The Morgan fingerprint density at radius 1 is 1.27 bits per heavy atom. The maximum Gasteiger partial charge on any atom is 0.0431 e. The molecule has 0 radical (unpaired) electrons. The molecule has 1 rings (SSSR count). The van der Waals surface area contributed by atoms with Crippen LogP contribution in [0.1, 0.15) is 24.8 Å². The Bertz CT molecular complexity index is 302.